The lowest BCUT2D eigenvalue weighted by atomic mass is 9.51. The molecule has 2 aromatic carbocycles. The van der Waals surface area contributed by atoms with E-state index in [0.29, 0.717) is 5.78 Å². The third-order valence-electron chi connectivity index (χ3n) is 4.98. The summed E-state index contributed by atoms with van der Waals surface area (Å²) < 4.78 is 0. The van der Waals surface area contributed by atoms with Gasteiger partial charge in [0.25, 0.3) is 0 Å². The molecule has 0 bridgehead atoms. The minimum absolute atomic E-state index is 0.0129. The van der Waals surface area contributed by atoms with Crippen molar-refractivity contribution >= 4 is 29.3 Å². The lowest BCUT2D eigenvalue weighted by Crippen LogP contribution is -2.50. The van der Waals surface area contributed by atoms with E-state index in [1.807, 2.05) is 0 Å². The van der Waals surface area contributed by atoms with Crippen molar-refractivity contribution in [3.8, 4) is 0 Å². The van der Waals surface area contributed by atoms with Crippen LogP contribution in [0.4, 0.5) is 0 Å². The highest BCUT2D eigenvalue weighted by Gasteiger charge is 2.56. The largest absolute Gasteiger partial charge is 0.298 e. The Balaban J connectivity index is 1.95. The molecule has 0 unspecified atom stereocenters. The highest BCUT2D eigenvalue weighted by Crippen LogP contribution is 2.58. The molecule has 0 heterocycles. The maximum atomic E-state index is 12.7. The third kappa shape index (κ3) is 2.85. The molecule has 3 heteroatoms. The van der Waals surface area contributed by atoms with Gasteiger partial charge in [-0.05, 0) is 47.9 Å². The smallest absolute Gasteiger partial charge is 0.147 e. The van der Waals surface area contributed by atoms with Crippen LogP contribution in [0.3, 0.4) is 0 Å². The molecule has 0 radical (unpaired) electrons. The Morgan fingerprint density at radius 2 is 1.22 bits per heavy atom. The first-order valence-corrected chi connectivity index (χ1v) is 10.3. The highest BCUT2D eigenvalue weighted by atomic mass is 32.2. The van der Waals surface area contributed by atoms with Crippen LogP contribution in [0, 0.1) is 5.41 Å². The number of thioether (sulfide) groups is 2. The van der Waals surface area contributed by atoms with E-state index in [2.05, 4.69) is 74.9 Å². The van der Waals surface area contributed by atoms with Crippen molar-refractivity contribution in [1.82, 2.24) is 0 Å². The molecule has 23 heavy (non-hydrogen) atoms. The number of Topliss-reactive ketones (excluding diaryl/α,β-unsaturated/α-hetero) is 1. The van der Waals surface area contributed by atoms with Crippen molar-refractivity contribution in [2.45, 2.75) is 35.5 Å². The van der Waals surface area contributed by atoms with Crippen molar-refractivity contribution in [3.63, 3.8) is 0 Å². The van der Waals surface area contributed by atoms with Crippen LogP contribution < -0.4 is 0 Å². The molecule has 0 saturated heterocycles. The van der Waals surface area contributed by atoms with Crippen molar-refractivity contribution in [3.05, 3.63) is 59.7 Å². The van der Waals surface area contributed by atoms with Crippen molar-refractivity contribution in [2.24, 2.45) is 5.41 Å². The van der Waals surface area contributed by atoms with Crippen LogP contribution in [-0.4, -0.2) is 18.3 Å². The summed E-state index contributed by atoms with van der Waals surface area (Å²) >= 11 is 3.48. The van der Waals surface area contributed by atoms with Crippen LogP contribution in [0.25, 0.3) is 0 Å². The van der Waals surface area contributed by atoms with Crippen molar-refractivity contribution in [1.29, 1.82) is 0 Å². The molecule has 0 amide bonds. The maximum absolute atomic E-state index is 12.7. The quantitative estimate of drug-likeness (QED) is 0.673. The molecule has 2 aromatic rings. The van der Waals surface area contributed by atoms with Gasteiger partial charge in [0.1, 0.15) is 5.78 Å². The number of ketones is 1. The molecule has 1 aliphatic rings. The van der Waals surface area contributed by atoms with E-state index in [1.165, 1.54) is 15.4 Å². The van der Waals surface area contributed by atoms with Gasteiger partial charge >= 0.3 is 0 Å². The van der Waals surface area contributed by atoms with Crippen molar-refractivity contribution in [2.75, 3.05) is 12.5 Å². The Morgan fingerprint density at radius 3 is 1.65 bits per heavy atom. The average Bonchev–Trinajstić information content (AvgIpc) is 2.59. The second-order valence-corrected chi connectivity index (χ2v) is 8.35. The lowest BCUT2D eigenvalue weighted by Gasteiger charge is -2.50. The molecular formula is C20H22OS2. The molecule has 120 valence electrons. The molecule has 1 saturated carbocycles. The monoisotopic (exact) mass is 342 g/mol. The Kier molecular flexibility index (Phi) is 4.61. The zero-order valence-electron chi connectivity index (χ0n) is 14.0. The Bertz CT molecular complexity index is 701. The number of rotatable bonds is 4. The maximum Gasteiger partial charge on any atom is 0.147 e. The zero-order chi connectivity index (χ0) is 16.6. The fraction of sp³-hybridized carbons (Fsp3) is 0.350. The number of carbonyl (C=O) groups is 1. The van der Waals surface area contributed by atoms with Crippen LogP contribution in [0.1, 0.15) is 36.8 Å². The summed E-state index contributed by atoms with van der Waals surface area (Å²) in [6.45, 7) is 4.16. The summed E-state index contributed by atoms with van der Waals surface area (Å²) in [5, 5.41) is 0. The summed E-state index contributed by atoms with van der Waals surface area (Å²) in [6, 6.07) is 17.2. The van der Waals surface area contributed by atoms with Gasteiger partial charge in [0, 0.05) is 21.1 Å². The number of hydrogen-bond donors (Lipinski definition) is 0. The van der Waals surface area contributed by atoms with E-state index in [4.69, 9.17) is 0 Å². The minimum atomic E-state index is -0.288. The SMILES string of the molecule is CSc1ccc([C@@H]2C(=O)C(C)(C)[C@H]2c2ccc(SC)cc2)cc1. The molecule has 0 spiro atoms. The molecule has 2 atom stereocenters. The molecular weight excluding hydrogens is 320 g/mol. The predicted octanol–water partition coefficient (Wildman–Crippen LogP) is 5.61. The van der Waals surface area contributed by atoms with Crippen LogP contribution in [-0.2, 0) is 4.79 Å². The lowest BCUT2D eigenvalue weighted by molar-refractivity contribution is -0.141. The first-order valence-electron chi connectivity index (χ1n) is 7.81. The Labute approximate surface area is 147 Å². The normalized spacial score (nSPS) is 22.7. The van der Waals surface area contributed by atoms with Gasteiger partial charge in [-0.25, -0.2) is 0 Å². The van der Waals surface area contributed by atoms with Crippen LogP contribution >= 0.6 is 23.5 Å². The predicted molar refractivity (Wildman–Crippen MR) is 101 cm³/mol. The fourth-order valence-corrected chi connectivity index (χ4v) is 4.42. The molecule has 0 aliphatic heterocycles. The van der Waals surface area contributed by atoms with Crippen LogP contribution in [0.5, 0.6) is 0 Å². The molecule has 3 rings (SSSR count). The van der Waals surface area contributed by atoms with Gasteiger partial charge in [-0.1, -0.05) is 38.1 Å². The van der Waals surface area contributed by atoms with Gasteiger partial charge in [0.05, 0.1) is 5.92 Å². The van der Waals surface area contributed by atoms with Gasteiger partial charge < -0.3 is 0 Å². The second-order valence-electron chi connectivity index (χ2n) is 6.59. The summed E-state index contributed by atoms with van der Waals surface area (Å²) in [5.41, 5.74) is 2.13. The molecule has 0 aromatic heterocycles. The summed E-state index contributed by atoms with van der Waals surface area (Å²) in [5.74, 6) is 0.598. The summed E-state index contributed by atoms with van der Waals surface area (Å²) in [4.78, 5) is 15.2. The van der Waals surface area contributed by atoms with Gasteiger partial charge in [0.2, 0.25) is 0 Å². The number of hydrogen-bond acceptors (Lipinski definition) is 3. The van der Waals surface area contributed by atoms with Gasteiger partial charge in [-0.3, -0.25) is 4.79 Å². The van der Waals surface area contributed by atoms with Gasteiger partial charge in [0.15, 0.2) is 0 Å². The van der Waals surface area contributed by atoms with E-state index in [-0.39, 0.29) is 17.3 Å². The Morgan fingerprint density at radius 1 is 0.783 bits per heavy atom. The number of benzene rings is 2. The third-order valence-corrected chi connectivity index (χ3v) is 6.47. The summed E-state index contributed by atoms with van der Waals surface area (Å²) in [6.07, 6.45) is 4.16. The van der Waals surface area contributed by atoms with Gasteiger partial charge in [-0.15, -0.1) is 23.5 Å². The van der Waals surface area contributed by atoms with Crippen LogP contribution in [0.15, 0.2) is 58.3 Å². The first-order chi connectivity index (χ1) is 11.0. The topological polar surface area (TPSA) is 17.1 Å². The Hall–Kier alpha value is -1.19. The first kappa shape index (κ1) is 16.7. The molecule has 0 N–H and O–H groups in total. The molecule has 1 aliphatic carbocycles. The molecule has 1 fully saturated rings. The van der Waals surface area contributed by atoms with Crippen LogP contribution in [0.2, 0.25) is 0 Å². The standard InChI is InChI=1S/C20H22OS2/c1-20(2)18(14-7-11-16(23-4)12-8-14)17(19(20)21)13-5-9-15(22-3)10-6-13/h5-12,17-18H,1-4H3/t17-,18-/m0/s1. The average molecular weight is 343 g/mol. The van der Waals surface area contributed by atoms with E-state index < -0.39 is 0 Å². The highest BCUT2D eigenvalue weighted by molar-refractivity contribution is 7.98. The zero-order valence-corrected chi connectivity index (χ0v) is 15.6. The van der Waals surface area contributed by atoms with E-state index in [0.717, 1.165) is 5.56 Å². The second kappa shape index (κ2) is 6.37. The summed E-state index contributed by atoms with van der Waals surface area (Å²) in [7, 11) is 0. The van der Waals surface area contributed by atoms with Gasteiger partial charge in [-0.2, -0.15) is 0 Å². The number of carbonyl (C=O) groups excluding carboxylic acids is 1. The van der Waals surface area contributed by atoms with E-state index in [1.54, 1.807) is 23.5 Å². The molecule has 1 nitrogen and oxygen atoms in total. The van der Waals surface area contributed by atoms with E-state index >= 15 is 0 Å². The minimum Gasteiger partial charge on any atom is -0.298 e. The van der Waals surface area contributed by atoms with Crippen molar-refractivity contribution < 1.29 is 4.79 Å². The van der Waals surface area contributed by atoms with E-state index in [9.17, 15) is 4.79 Å². The fourth-order valence-electron chi connectivity index (χ4n) is 3.60.